The van der Waals surface area contributed by atoms with Gasteiger partial charge in [0.15, 0.2) is 5.11 Å². The first-order valence-corrected chi connectivity index (χ1v) is 9.08. The van der Waals surface area contributed by atoms with E-state index in [9.17, 15) is 0 Å². The first kappa shape index (κ1) is 17.7. The van der Waals surface area contributed by atoms with Gasteiger partial charge in [0.1, 0.15) is 11.4 Å². The maximum Gasteiger partial charge on any atom is 0.171 e. The second-order valence-corrected chi connectivity index (χ2v) is 8.04. The van der Waals surface area contributed by atoms with E-state index in [-0.39, 0.29) is 11.6 Å². The van der Waals surface area contributed by atoms with Gasteiger partial charge in [-0.3, -0.25) is 0 Å². The molecular formula is C21H26N2OS. The van der Waals surface area contributed by atoms with Crippen LogP contribution >= 0.6 is 12.2 Å². The number of fused-ring (bicyclic) bond motifs is 1. The molecule has 1 aliphatic heterocycles. The van der Waals surface area contributed by atoms with Gasteiger partial charge in [0, 0.05) is 17.7 Å². The molecule has 3 rings (SSSR count). The number of hydrogen-bond acceptors (Lipinski definition) is 2. The number of rotatable bonds is 2. The van der Waals surface area contributed by atoms with Gasteiger partial charge in [0.2, 0.25) is 0 Å². The van der Waals surface area contributed by atoms with Crippen LogP contribution in [0.25, 0.3) is 0 Å². The standard InChI is InChI=1S/C21H26N2OS/c1-13-6-7-19-17(11-13)18(12-21(4,5)24-19)23-20(25)22-16-9-14(2)8-15(3)10-16/h6-11,18H,12H2,1-5H3,(H2,22,23,25)/t18-/m1/s1. The van der Waals surface area contributed by atoms with Crippen molar-refractivity contribution >= 4 is 23.0 Å². The number of ether oxygens (including phenoxy) is 1. The molecule has 0 unspecified atom stereocenters. The van der Waals surface area contributed by atoms with Crippen molar-refractivity contribution < 1.29 is 4.74 Å². The highest BCUT2D eigenvalue weighted by molar-refractivity contribution is 7.80. The molecule has 1 aliphatic rings. The molecule has 1 heterocycles. The van der Waals surface area contributed by atoms with Gasteiger partial charge in [0.05, 0.1) is 6.04 Å². The molecule has 0 bridgehead atoms. The van der Waals surface area contributed by atoms with Crippen LogP contribution < -0.4 is 15.4 Å². The number of aryl methyl sites for hydroxylation is 3. The summed E-state index contributed by atoms with van der Waals surface area (Å²) in [5.41, 5.74) is 5.63. The molecule has 0 saturated heterocycles. The first-order valence-electron chi connectivity index (χ1n) is 8.67. The van der Waals surface area contributed by atoms with Gasteiger partial charge < -0.3 is 15.4 Å². The van der Waals surface area contributed by atoms with Crippen molar-refractivity contribution in [1.82, 2.24) is 5.32 Å². The SMILES string of the molecule is Cc1cc(C)cc(NC(=S)N[C@@H]2CC(C)(C)Oc3ccc(C)cc32)c1. The monoisotopic (exact) mass is 354 g/mol. The molecule has 3 nitrogen and oxygen atoms in total. The fourth-order valence-electron chi connectivity index (χ4n) is 3.48. The van der Waals surface area contributed by atoms with Crippen molar-refractivity contribution in [3.05, 3.63) is 58.7 Å². The normalized spacial score (nSPS) is 18.0. The van der Waals surface area contributed by atoms with E-state index in [1.54, 1.807) is 0 Å². The van der Waals surface area contributed by atoms with Crippen LogP contribution in [-0.2, 0) is 0 Å². The van der Waals surface area contributed by atoms with Crippen molar-refractivity contribution in [2.75, 3.05) is 5.32 Å². The molecule has 0 amide bonds. The van der Waals surface area contributed by atoms with E-state index < -0.39 is 0 Å². The zero-order chi connectivity index (χ0) is 18.2. The van der Waals surface area contributed by atoms with Crippen molar-refractivity contribution in [2.45, 2.75) is 52.7 Å². The maximum atomic E-state index is 6.13. The highest BCUT2D eigenvalue weighted by Crippen LogP contribution is 2.39. The molecule has 4 heteroatoms. The zero-order valence-corrected chi connectivity index (χ0v) is 16.4. The topological polar surface area (TPSA) is 33.3 Å². The molecule has 0 fully saturated rings. The molecule has 2 N–H and O–H groups in total. The highest BCUT2D eigenvalue weighted by atomic mass is 32.1. The van der Waals surface area contributed by atoms with E-state index in [4.69, 9.17) is 17.0 Å². The lowest BCUT2D eigenvalue weighted by Gasteiger charge is -2.38. The quantitative estimate of drug-likeness (QED) is 0.726. The van der Waals surface area contributed by atoms with E-state index in [0.29, 0.717) is 5.11 Å². The Balaban J connectivity index is 1.79. The van der Waals surface area contributed by atoms with E-state index >= 15 is 0 Å². The maximum absolute atomic E-state index is 6.13. The summed E-state index contributed by atoms with van der Waals surface area (Å²) in [6, 6.07) is 12.8. The van der Waals surface area contributed by atoms with Gasteiger partial charge in [-0.05, 0) is 76.2 Å². The molecule has 1 atom stereocenters. The minimum atomic E-state index is -0.227. The Kier molecular flexibility index (Phi) is 4.74. The average molecular weight is 355 g/mol. The van der Waals surface area contributed by atoms with Crippen LogP contribution in [0.1, 0.15) is 48.6 Å². The van der Waals surface area contributed by atoms with Gasteiger partial charge in [-0.2, -0.15) is 0 Å². The summed E-state index contributed by atoms with van der Waals surface area (Å²) in [7, 11) is 0. The number of benzene rings is 2. The van der Waals surface area contributed by atoms with Gasteiger partial charge in [-0.1, -0.05) is 23.8 Å². The van der Waals surface area contributed by atoms with Crippen LogP contribution in [0.15, 0.2) is 36.4 Å². The van der Waals surface area contributed by atoms with Crippen LogP contribution in [0.4, 0.5) is 5.69 Å². The summed E-state index contributed by atoms with van der Waals surface area (Å²) in [6.07, 6.45) is 0.859. The van der Waals surface area contributed by atoms with Crippen molar-refractivity contribution in [3.63, 3.8) is 0 Å². The van der Waals surface area contributed by atoms with Gasteiger partial charge in [-0.15, -0.1) is 0 Å². The largest absolute Gasteiger partial charge is 0.487 e. The second-order valence-electron chi connectivity index (χ2n) is 7.63. The Hall–Kier alpha value is -2.07. The molecular weight excluding hydrogens is 328 g/mol. The highest BCUT2D eigenvalue weighted by Gasteiger charge is 2.34. The minimum Gasteiger partial charge on any atom is -0.487 e. The fraction of sp³-hybridized carbons (Fsp3) is 0.381. The Morgan fingerprint density at radius 2 is 1.72 bits per heavy atom. The predicted octanol–water partition coefficient (Wildman–Crippen LogP) is 5.20. The zero-order valence-electron chi connectivity index (χ0n) is 15.6. The van der Waals surface area contributed by atoms with E-state index in [1.165, 1.54) is 22.3 Å². The smallest absolute Gasteiger partial charge is 0.171 e. The molecule has 0 aliphatic carbocycles. The van der Waals surface area contributed by atoms with E-state index in [0.717, 1.165) is 17.9 Å². The Bertz CT molecular complexity index is 793. The Morgan fingerprint density at radius 3 is 2.40 bits per heavy atom. The molecule has 0 spiro atoms. The molecule has 25 heavy (non-hydrogen) atoms. The van der Waals surface area contributed by atoms with Crippen LogP contribution in [-0.4, -0.2) is 10.7 Å². The van der Waals surface area contributed by atoms with Gasteiger partial charge >= 0.3 is 0 Å². The molecule has 132 valence electrons. The Labute approximate surface area is 155 Å². The van der Waals surface area contributed by atoms with Crippen molar-refractivity contribution in [3.8, 4) is 5.75 Å². The summed E-state index contributed by atoms with van der Waals surface area (Å²) in [4.78, 5) is 0. The van der Waals surface area contributed by atoms with E-state index in [2.05, 4.69) is 81.7 Å². The summed E-state index contributed by atoms with van der Waals surface area (Å²) < 4.78 is 6.13. The lowest BCUT2D eigenvalue weighted by atomic mass is 9.89. The first-order chi connectivity index (χ1) is 11.7. The number of nitrogens with one attached hydrogen (secondary N) is 2. The average Bonchev–Trinajstić information content (AvgIpc) is 2.46. The summed E-state index contributed by atoms with van der Waals surface area (Å²) in [5.74, 6) is 0.938. The molecule has 2 aromatic rings. The lowest BCUT2D eigenvalue weighted by molar-refractivity contribution is 0.0696. The summed E-state index contributed by atoms with van der Waals surface area (Å²) >= 11 is 5.58. The van der Waals surface area contributed by atoms with Crippen LogP contribution in [0.3, 0.4) is 0 Å². The molecule has 0 aromatic heterocycles. The van der Waals surface area contributed by atoms with Gasteiger partial charge in [0.25, 0.3) is 0 Å². The minimum absolute atomic E-state index is 0.129. The van der Waals surface area contributed by atoms with Crippen molar-refractivity contribution in [1.29, 1.82) is 0 Å². The predicted molar refractivity (Wildman–Crippen MR) is 109 cm³/mol. The summed E-state index contributed by atoms with van der Waals surface area (Å²) in [6.45, 7) is 10.5. The third-order valence-corrected chi connectivity index (χ3v) is 4.63. The Morgan fingerprint density at radius 1 is 1.04 bits per heavy atom. The lowest BCUT2D eigenvalue weighted by Crippen LogP contribution is -2.42. The third-order valence-electron chi connectivity index (χ3n) is 4.41. The fourth-order valence-corrected chi connectivity index (χ4v) is 3.74. The van der Waals surface area contributed by atoms with E-state index in [1.807, 2.05) is 0 Å². The number of thiocarbonyl (C=S) groups is 1. The molecule has 2 aromatic carbocycles. The number of hydrogen-bond donors (Lipinski definition) is 2. The summed E-state index contributed by atoms with van der Waals surface area (Å²) in [5, 5.41) is 7.45. The van der Waals surface area contributed by atoms with Crippen LogP contribution in [0.2, 0.25) is 0 Å². The molecule has 0 saturated carbocycles. The number of anilines is 1. The third kappa shape index (κ3) is 4.31. The van der Waals surface area contributed by atoms with Crippen LogP contribution in [0.5, 0.6) is 5.75 Å². The van der Waals surface area contributed by atoms with Crippen molar-refractivity contribution in [2.24, 2.45) is 0 Å². The van der Waals surface area contributed by atoms with Crippen LogP contribution in [0, 0.1) is 20.8 Å². The molecule has 0 radical (unpaired) electrons. The second kappa shape index (κ2) is 6.68. The van der Waals surface area contributed by atoms with Gasteiger partial charge in [-0.25, -0.2) is 0 Å².